The first-order chi connectivity index (χ1) is 20.0. The summed E-state index contributed by atoms with van der Waals surface area (Å²) < 4.78 is 21.0. The Morgan fingerprint density at radius 1 is 0.976 bits per heavy atom. The van der Waals surface area contributed by atoms with Gasteiger partial charge < -0.3 is 26.0 Å². The van der Waals surface area contributed by atoms with Crippen molar-refractivity contribution in [3.05, 3.63) is 42.2 Å². The summed E-state index contributed by atoms with van der Waals surface area (Å²) in [5.41, 5.74) is 1.53. The van der Waals surface area contributed by atoms with Crippen molar-refractivity contribution >= 4 is 34.8 Å². The summed E-state index contributed by atoms with van der Waals surface area (Å²) in [7, 11) is 0. The van der Waals surface area contributed by atoms with Crippen molar-refractivity contribution in [1.29, 1.82) is 0 Å². The van der Waals surface area contributed by atoms with Gasteiger partial charge in [0.15, 0.2) is 17.2 Å². The predicted octanol–water partition coefficient (Wildman–Crippen LogP) is 3.64. The average molecular weight is 566 g/mol. The molecule has 2 aliphatic carbocycles. The number of fused-ring (bicyclic) bond motifs is 1. The zero-order chi connectivity index (χ0) is 28.2. The number of ether oxygens (including phenoxy) is 1. The number of alkyl carbamates (subject to hydrolysis) is 1. The number of hydrogen-bond acceptors (Lipinski definition) is 9. The number of anilines is 3. The van der Waals surface area contributed by atoms with Crippen LogP contribution >= 0.6 is 0 Å². The van der Waals surface area contributed by atoms with E-state index in [1.54, 1.807) is 0 Å². The zero-order valence-corrected chi connectivity index (χ0v) is 22.9. The highest BCUT2D eigenvalue weighted by Crippen LogP contribution is 2.30. The van der Waals surface area contributed by atoms with Gasteiger partial charge >= 0.3 is 6.09 Å². The molecule has 0 unspecified atom stereocenters. The summed E-state index contributed by atoms with van der Waals surface area (Å²) in [6.45, 7) is 3.38. The van der Waals surface area contributed by atoms with Gasteiger partial charge in [-0.25, -0.2) is 18.7 Å². The zero-order valence-electron chi connectivity index (χ0n) is 22.9. The van der Waals surface area contributed by atoms with E-state index in [0.717, 1.165) is 70.0 Å². The number of carbonyl (C=O) groups excluding carboxylic acids is 2. The van der Waals surface area contributed by atoms with Crippen LogP contribution in [0.2, 0.25) is 0 Å². The summed E-state index contributed by atoms with van der Waals surface area (Å²) in [6.07, 6.45) is 11.5. The Morgan fingerprint density at radius 3 is 2.46 bits per heavy atom. The second-order valence-corrected chi connectivity index (χ2v) is 11.1. The van der Waals surface area contributed by atoms with E-state index >= 15 is 0 Å². The van der Waals surface area contributed by atoms with Crippen molar-refractivity contribution in [2.75, 3.05) is 42.2 Å². The number of rotatable bonds is 10. The second kappa shape index (κ2) is 12.2. The summed E-state index contributed by atoms with van der Waals surface area (Å²) >= 11 is 0. The van der Waals surface area contributed by atoms with Crippen LogP contribution < -0.4 is 21.3 Å². The number of halogens is 1. The standard InChI is InChI=1S/C28H36FN9O3/c29-21-16-30-10-9-22(21)35-27(39)24-17-31-26-23(32-18-3-4-18)15-25(36-38(24)26)33-19-5-7-20(8-6-19)34-28(40)41-14-13-37-11-1-2-12-37/h9-10,15-20,32H,1-8,11-14H2,(H,33,36)(H,34,40)(H,30,35,39)/t19-,20-. The molecule has 0 radical (unpaired) electrons. The fourth-order valence-corrected chi connectivity index (χ4v) is 5.48. The van der Waals surface area contributed by atoms with Crippen LogP contribution in [0.4, 0.5) is 26.4 Å². The maximum absolute atomic E-state index is 14.1. The number of carbonyl (C=O) groups is 2. The van der Waals surface area contributed by atoms with E-state index in [1.807, 2.05) is 6.07 Å². The van der Waals surface area contributed by atoms with E-state index in [-0.39, 0.29) is 29.6 Å². The minimum atomic E-state index is -0.624. The maximum Gasteiger partial charge on any atom is 0.407 e. The average Bonchev–Trinajstić information content (AvgIpc) is 3.43. The first-order valence-corrected chi connectivity index (χ1v) is 14.5. The monoisotopic (exact) mass is 565 g/mol. The molecule has 41 heavy (non-hydrogen) atoms. The first kappa shape index (κ1) is 27.2. The molecule has 0 atom stereocenters. The number of pyridine rings is 1. The summed E-state index contributed by atoms with van der Waals surface area (Å²) in [4.78, 5) is 35.8. The Kier molecular flexibility index (Phi) is 8.12. The topological polar surface area (TPSA) is 138 Å². The van der Waals surface area contributed by atoms with Crippen LogP contribution in [0, 0.1) is 5.82 Å². The van der Waals surface area contributed by atoms with Gasteiger partial charge in [-0.2, -0.15) is 0 Å². The van der Waals surface area contributed by atoms with Gasteiger partial charge in [-0.1, -0.05) is 0 Å². The molecule has 1 saturated heterocycles. The molecule has 13 heteroatoms. The number of nitrogens with zero attached hydrogens (tertiary/aromatic N) is 5. The van der Waals surface area contributed by atoms with Crippen molar-refractivity contribution in [3.63, 3.8) is 0 Å². The van der Waals surface area contributed by atoms with E-state index in [1.165, 1.54) is 35.8 Å². The van der Waals surface area contributed by atoms with E-state index in [2.05, 4.69) is 41.2 Å². The van der Waals surface area contributed by atoms with E-state index in [0.29, 0.717) is 24.1 Å². The largest absolute Gasteiger partial charge is 0.448 e. The Hall–Kier alpha value is -4.00. The lowest BCUT2D eigenvalue weighted by Crippen LogP contribution is -2.41. The molecule has 4 N–H and O–H groups in total. The first-order valence-electron chi connectivity index (χ1n) is 14.5. The molecule has 0 aromatic carbocycles. The highest BCUT2D eigenvalue weighted by Gasteiger charge is 2.27. The smallest absolute Gasteiger partial charge is 0.407 e. The molecule has 0 bridgehead atoms. The second-order valence-electron chi connectivity index (χ2n) is 11.1. The number of amides is 2. The van der Waals surface area contributed by atoms with Gasteiger partial charge in [-0.15, -0.1) is 5.10 Å². The molecule has 0 spiro atoms. The van der Waals surface area contributed by atoms with Crippen LogP contribution in [0.5, 0.6) is 0 Å². The predicted molar refractivity (Wildman–Crippen MR) is 152 cm³/mol. The quantitative estimate of drug-likeness (QED) is 0.290. The summed E-state index contributed by atoms with van der Waals surface area (Å²) in [5, 5.41) is 17.3. The van der Waals surface area contributed by atoms with E-state index in [9.17, 15) is 14.0 Å². The Bertz CT molecular complexity index is 1380. The molecule has 6 rings (SSSR count). The molecule has 4 heterocycles. The van der Waals surface area contributed by atoms with Crippen LogP contribution in [0.3, 0.4) is 0 Å². The molecule has 1 aliphatic heterocycles. The van der Waals surface area contributed by atoms with E-state index < -0.39 is 11.7 Å². The number of hydrogen-bond donors (Lipinski definition) is 4. The Morgan fingerprint density at radius 2 is 1.71 bits per heavy atom. The van der Waals surface area contributed by atoms with Crippen LogP contribution in [0.25, 0.3) is 5.65 Å². The van der Waals surface area contributed by atoms with Gasteiger partial charge in [-0.3, -0.25) is 14.7 Å². The Balaban J connectivity index is 1.08. The lowest BCUT2D eigenvalue weighted by atomic mass is 9.91. The molecule has 218 valence electrons. The van der Waals surface area contributed by atoms with Crippen LogP contribution in [0.15, 0.2) is 30.7 Å². The van der Waals surface area contributed by atoms with Crippen molar-refractivity contribution in [3.8, 4) is 0 Å². The number of imidazole rings is 1. The molecule has 12 nitrogen and oxygen atoms in total. The molecule has 3 aromatic rings. The van der Waals surface area contributed by atoms with Gasteiger partial charge in [0.25, 0.3) is 5.91 Å². The fraction of sp³-hybridized carbons (Fsp3) is 0.536. The van der Waals surface area contributed by atoms with Gasteiger partial charge in [0.2, 0.25) is 0 Å². The molecule has 3 aromatic heterocycles. The number of nitrogens with one attached hydrogen (secondary N) is 4. The normalized spacial score (nSPS) is 21.0. The number of likely N-dealkylation sites (tertiary alicyclic amines) is 1. The van der Waals surface area contributed by atoms with Crippen LogP contribution in [-0.4, -0.2) is 80.8 Å². The summed E-state index contributed by atoms with van der Waals surface area (Å²) in [6, 6.07) is 3.92. The van der Waals surface area contributed by atoms with Crippen LogP contribution in [-0.2, 0) is 4.74 Å². The highest BCUT2D eigenvalue weighted by molar-refractivity contribution is 6.03. The number of aromatic nitrogens is 4. The van der Waals surface area contributed by atoms with Crippen molar-refractivity contribution in [2.45, 2.75) is 69.5 Å². The molecular formula is C28H36FN9O3. The lowest BCUT2D eigenvalue weighted by molar-refractivity contribution is 0.101. The molecule has 3 aliphatic rings. The molecule has 2 amide bonds. The molecular weight excluding hydrogens is 529 g/mol. The van der Waals surface area contributed by atoms with Gasteiger partial charge in [0, 0.05) is 36.9 Å². The minimum absolute atomic E-state index is 0.0337. The fourth-order valence-electron chi connectivity index (χ4n) is 5.48. The highest BCUT2D eigenvalue weighted by atomic mass is 19.1. The third-order valence-corrected chi connectivity index (χ3v) is 7.90. The minimum Gasteiger partial charge on any atom is -0.448 e. The lowest BCUT2D eigenvalue weighted by Gasteiger charge is -2.30. The third kappa shape index (κ3) is 6.84. The van der Waals surface area contributed by atoms with E-state index in [4.69, 9.17) is 4.74 Å². The molecule has 3 fully saturated rings. The van der Waals surface area contributed by atoms with Crippen molar-refractivity contribution in [1.82, 2.24) is 29.8 Å². The molecule has 2 saturated carbocycles. The van der Waals surface area contributed by atoms with Crippen molar-refractivity contribution < 1.29 is 18.7 Å². The Labute approximate surface area is 237 Å². The maximum atomic E-state index is 14.1. The SMILES string of the molecule is O=C(N[C@H]1CC[C@H](Nc2cc(NC3CC3)c3ncc(C(=O)Nc4ccncc4F)n3n2)CC1)OCCN1CCCC1. The van der Waals surface area contributed by atoms with Gasteiger partial charge in [0.1, 0.15) is 12.4 Å². The third-order valence-electron chi connectivity index (χ3n) is 7.90. The van der Waals surface area contributed by atoms with Crippen molar-refractivity contribution in [2.24, 2.45) is 0 Å². The van der Waals surface area contributed by atoms with Gasteiger partial charge in [0.05, 0.1) is 23.8 Å². The van der Waals surface area contributed by atoms with Gasteiger partial charge in [-0.05, 0) is 70.5 Å². The summed E-state index contributed by atoms with van der Waals surface area (Å²) in [5.74, 6) is -0.537. The van der Waals surface area contributed by atoms with Crippen LogP contribution in [0.1, 0.15) is 61.9 Å².